The summed E-state index contributed by atoms with van der Waals surface area (Å²) in [7, 11) is 0. The van der Waals surface area contributed by atoms with E-state index in [1.165, 1.54) is 6.07 Å². The van der Waals surface area contributed by atoms with E-state index in [1.54, 1.807) is 24.3 Å². The molecule has 0 radical (unpaired) electrons. The zero-order valence-corrected chi connectivity index (χ0v) is 19.3. The molecule has 3 rings (SSSR count). The molecule has 8 nitrogen and oxygen atoms in total. The summed E-state index contributed by atoms with van der Waals surface area (Å²) in [6, 6.07) is 9.79. The second-order valence-corrected chi connectivity index (χ2v) is 8.63. The van der Waals surface area contributed by atoms with Crippen LogP contribution in [0.5, 0.6) is 5.75 Å². The summed E-state index contributed by atoms with van der Waals surface area (Å²) in [5.74, 6) is 0.349. The van der Waals surface area contributed by atoms with Crippen molar-refractivity contribution in [2.45, 2.75) is 32.5 Å². The van der Waals surface area contributed by atoms with Crippen LogP contribution >= 0.6 is 0 Å². The van der Waals surface area contributed by atoms with Crippen molar-refractivity contribution in [3.05, 3.63) is 59.9 Å². The minimum Gasteiger partial charge on any atom is -0.484 e. The number of nitrogens with zero attached hydrogens (tertiary/aromatic N) is 2. The van der Waals surface area contributed by atoms with Crippen LogP contribution in [-0.2, 0) is 11.0 Å². The molecule has 1 amide bonds. The Morgan fingerprint density at radius 2 is 1.89 bits per heavy atom. The zero-order valence-electron chi connectivity index (χ0n) is 19.3. The third-order valence-electron chi connectivity index (χ3n) is 4.60. The highest BCUT2D eigenvalue weighted by atomic mass is 19.4. The van der Waals surface area contributed by atoms with Crippen LogP contribution in [0, 0.1) is 5.41 Å². The van der Waals surface area contributed by atoms with Gasteiger partial charge in [0.15, 0.2) is 12.4 Å². The van der Waals surface area contributed by atoms with Crippen molar-refractivity contribution in [1.82, 2.24) is 15.3 Å². The van der Waals surface area contributed by atoms with Crippen LogP contribution in [-0.4, -0.2) is 34.2 Å². The van der Waals surface area contributed by atoms with Crippen molar-refractivity contribution in [3.63, 3.8) is 0 Å². The van der Waals surface area contributed by atoms with E-state index in [0.29, 0.717) is 11.3 Å². The lowest BCUT2D eigenvalue weighted by molar-refractivity contribution is -0.137. The van der Waals surface area contributed by atoms with Gasteiger partial charge in [-0.15, -0.1) is 0 Å². The highest BCUT2D eigenvalue weighted by Gasteiger charge is 2.31. The molecule has 0 aliphatic carbocycles. The SMILES string of the molecule is CC(C)(C)NC(=O)COc1cccc(-c2nc(N/C(C=N)=C/N)c3cc(C(F)(F)F)ccc3n2)c1. The molecule has 0 aliphatic heterocycles. The van der Waals surface area contributed by atoms with Crippen LogP contribution in [0.15, 0.2) is 54.4 Å². The van der Waals surface area contributed by atoms with E-state index < -0.39 is 17.3 Å². The molecule has 2 aromatic carbocycles. The minimum absolute atomic E-state index is 0.0483. The standard InChI is InChI=1S/C24H25F3N6O2/c1-23(2,3)33-20(34)13-35-17-6-4-5-14(9-17)21-31-19-8-7-15(24(25,26)27)10-18(19)22(32-21)30-16(11-28)12-29/h4-12,28H,13,29H2,1-3H3,(H,33,34)(H,30,31,32)/b16-12+,28-11?. The molecule has 35 heavy (non-hydrogen) atoms. The molecule has 1 aromatic heterocycles. The fourth-order valence-electron chi connectivity index (χ4n) is 3.12. The van der Waals surface area contributed by atoms with Crippen molar-refractivity contribution in [3.8, 4) is 17.1 Å². The first-order valence-corrected chi connectivity index (χ1v) is 10.5. The molecular weight excluding hydrogens is 461 g/mol. The number of allylic oxidation sites excluding steroid dienone is 1. The van der Waals surface area contributed by atoms with Crippen molar-refractivity contribution >= 4 is 28.8 Å². The number of hydrogen-bond acceptors (Lipinski definition) is 7. The predicted molar refractivity (Wildman–Crippen MR) is 128 cm³/mol. The van der Waals surface area contributed by atoms with Crippen LogP contribution in [0.3, 0.4) is 0 Å². The quantitative estimate of drug-likeness (QED) is 0.365. The maximum Gasteiger partial charge on any atom is 0.416 e. The van der Waals surface area contributed by atoms with E-state index in [2.05, 4.69) is 20.6 Å². The first-order valence-electron chi connectivity index (χ1n) is 10.5. The molecule has 184 valence electrons. The highest BCUT2D eigenvalue weighted by Crippen LogP contribution is 2.34. The minimum atomic E-state index is -4.55. The fourth-order valence-corrected chi connectivity index (χ4v) is 3.12. The van der Waals surface area contributed by atoms with Crippen LogP contribution in [0.4, 0.5) is 19.0 Å². The molecule has 1 heterocycles. The normalized spacial score (nSPS) is 12.3. The summed E-state index contributed by atoms with van der Waals surface area (Å²) in [6.07, 6.45) is -2.53. The summed E-state index contributed by atoms with van der Waals surface area (Å²) < 4.78 is 45.4. The number of hydrogen-bond donors (Lipinski definition) is 4. The van der Waals surface area contributed by atoms with Gasteiger partial charge in [0.2, 0.25) is 0 Å². The lowest BCUT2D eigenvalue weighted by Gasteiger charge is -2.20. The average Bonchev–Trinajstić information content (AvgIpc) is 2.79. The smallest absolute Gasteiger partial charge is 0.416 e. The van der Waals surface area contributed by atoms with Gasteiger partial charge in [-0.1, -0.05) is 12.1 Å². The number of rotatable bonds is 7. The van der Waals surface area contributed by atoms with Gasteiger partial charge >= 0.3 is 6.18 Å². The van der Waals surface area contributed by atoms with E-state index in [9.17, 15) is 18.0 Å². The third kappa shape index (κ3) is 6.69. The molecule has 0 bridgehead atoms. The Bertz CT molecular complexity index is 1280. The van der Waals surface area contributed by atoms with Gasteiger partial charge in [0.05, 0.1) is 16.8 Å². The van der Waals surface area contributed by atoms with Gasteiger partial charge < -0.3 is 26.5 Å². The maximum absolute atomic E-state index is 13.3. The summed E-state index contributed by atoms with van der Waals surface area (Å²) in [6.45, 7) is 5.37. The van der Waals surface area contributed by atoms with Gasteiger partial charge in [-0.05, 0) is 51.1 Å². The summed E-state index contributed by atoms with van der Waals surface area (Å²) in [5, 5.41) is 13.1. The van der Waals surface area contributed by atoms with E-state index in [4.69, 9.17) is 15.9 Å². The summed E-state index contributed by atoms with van der Waals surface area (Å²) in [5.41, 5.74) is 5.13. The fraction of sp³-hybridized carbons (Fsp3) is 0.250. The van der Waals surface area contributed by atoms with Crippen molar-refractivity contribution in [2.24, 2.45) is 5.73 Å². The van der Waals surface area contributed by atoms with Gasteiger partial charge in [-0.2, -0.15) is 13.2 Å². The van der Waals surface area contributed by atoms with Crippen LogP contribution in [0.25, 0.3) is 22.3 Å². The Labute approximate surface area is 199 Å². The number of nitrogens with one attached hydrogen (secondary N) is 3. The number of carbonyl (C=O) groups excluding carboxylic acids is 1. The molecule has 0 aliphatic rings. The lowest BCUT2D eigenvalue weighted by atomic mass is 10.1. The Kier molecular flexibility index (Phi) is 7.28. The highest BCUT2D eigenvalue weighted by molar-refractivity contribution is 5.94. The number of aromatic nitrogens is 2. The van der Waals surface area contributed by atoms with Crippen molar-refractivity contribution in [1.29, 1.82) is 5.41 Å². The van der Waals surface area contributed by atoms with Gasteiger partial charge in [-0.3, -0.25) is 4.79 Å². The van der Waals surface area contributed by atoms with Gasteiger partial charge in [0.1, 0.15) is 11.6 Å². The Morgan fingerprint density at radius 3 is 2.51 bits per heavy atom. The molecule has 0 spiro atoms. The van der Waals surface area contributed by atoms with Crippen LogP contribution < -0.4 is 21.1 Å². The number of fused-ring (bicyclic) bond motifs is 1. The largest absolute Gasteiger partial charge is 0.484 e. The Morgan fingerprint density at radius 1 is 1.14 bits per heavy atom. The van der Waals surface area contributed by atoms with Crippen molar-refractivity contribution < 1.29 is 22.7 Å². The van der Waals surface area contributed by atoms with E-state index >= 15 is 0 Å². The monoisotopic (exact) mass is 486 g/mol. The number of amides is 1. The number of nitrogens with two attached hydrogens (primary N) is 1. The Hall–Kier alpha value is -4.15. The van der Waals surface area contributed by atoms with Crippen LogP contribution in [0.2, 0.25) is 0 Å². The topological polar surface area (TPSA) is 126 Å². The average molecular weight is 486 g/mol. The molecule has 0 atom stereocenters. The maximum atomic E-state index is 13.3. The number of carbonyl (C=O) groups is 1. The number of halogens is 3. The lowest BCUT2D eigenvalue weighted by Crippen LogP contribution is -2.43. The van der Waals surface area contributed by atoms with Gasteiger partial charge in [-0.25, -0.2) is 9.97 Å². The number of anilines is 1. The van der Waals surface area contributed by atoms with E-state index in [1.807, 2.05) is 20.8 Å². The first kappa shape index (κ1) is 25.5. The third-order valence-corrected chi connectivity index (χ3v) is 4.60. The molecule has 0 saturated carbocycles. The predicted octanol–water partition coefficient (Wildman–Crippen LogP) is 4.47. The zero-order chi connectivity index (χ0) is 25.8. The van der Waals surface area contributed by atoms with Gasteiger partial charge in [0.25, 0.3) is 5.91 Å². The number of ether oxygens (including phenoxy) is 1. The Balaban J connectivity index is 2.00. The molecule has 5 N–H and O–H groups in total. The first-order chi connectivity index (χ1) is 16.4. The summed E-state index contributed by atoms with van der Waals surface area (Å²) in [4.78, 5) is 20.9. The second-order valence-electron chi connectivity index (χ2n) is 8.63. The summed E-state index contributed by atoms with van der Waals surface area (Å²) >= 11 is 0. The van der Waals surface area contributed by atoms with E-state index in [-0.39, 0.29) is 40.8 Å². The molecule has 0 unspecified atom stereocenters. The van der Waals surface area contributed by atoms with E-state index in [0.717, 1.165) is 24.5 Å². The molecule has 11 heteroatoms. The number of benzene rings is 2. The molecule has 0 saturated heterocycles. The molecule has 0 fully saturated rings. The molecular formula is C24H25F3N6O2. The van der Waals surface area contributed by atoms with Gasteiger partial charge in [0, 0.05) is 28.9 Å². The van der Waals surface area contributed by atoms with Crippen molar-refractivity contribution in [2.75, 3.05) is 11.9 Å². The van der Waals surface area contributed by atoms with Crippen LogP contribution in [0.1, 0.15) is 26.3 Å². The number of alkyl halides is 3. The molecule has 3 aromatic rings. The second kappa shape index (κ2) is 10.00.